The van der Waals surface area contributed by atoms with Crippen LogP contribution >= 0.6 is 0 Å². The first-order chi connectivity index (χ1) is 9.79. The quantitative estimate of drug-likeness (QED) is 0.382. The maximum Gasteiger partial charge on any atom is 0.156 e. The van der Waals surface area contributed by atoms with E-state index in [1.807, 2.05) is 12.1 Å². The van der Waals surface area contributed by atoms with E-state index in [2.05, 4.69) is 22.2 Å². The van der Waals surface area contributed by atoms with Crippen molar-refractivity contribution in [2.45, 2.75) is 31.2 Å². The lowest BCUT2D eigenvalue weighted by Gasteiger charge is -2.31. The zero-order valence-electron chi connectivity index (χ0n) is 11.5. The van der Waals surface area contributed by atoms with Crippen molar-refractivity contribution in [3.63, 3.8) is 0 Å². The number of fused-ring (bicyclic) bond motifs is 1. The smallest absolute Gasteiger partial charge is 0.156 e. The Balaban J connectivity index is 1.75. The Morgan fingerprint density at radius 2 is 2.25 bits per heavy atom. The summed E-state index contributed by atoms with van der Waals surface area (Å²) in [5.74, 6) is 1.80. The number of oxime groups is 1. The third-order valence-corrected chi connectivity index (χ3v) is 4.36. The van der Waals surface area contributed by atoms with E-state index in [1.165, 1.54) is 5.56 Å². The van der Waals surface area contributed by atoms with Gasteiger partial charge in [0.25, 0.3) is 0 Å². The lowest BCUT2D eigenvalue weighted by atomic mass is 9.92. The highest BCUT2D eigenvalue weighted by Crippen LogP contribution is 2.35. The normalized spacial score (nSPS) is 27.1. The Kier molecular flexibility index (Phi) is 3.78. The van der Waals surface area contributed by atoms with Crippen LogP contribution in [0, 0.1) is 0 Å². The molecule has 0 saturated carbocycles. The van der Waals surface area contributed by atoms with Crippen LogP contribution in [0.5, 0.6) is 5.75 Å². The molecule has 1 fully saturated rings. The van der Waals surface area contributed by atoms with Crippen LogP contribution in [0.15, 0.2) is 29.4 Å². The van der Waals surface area contributed by atoms with Gasteiger partial charge in [0.05, 0.1) is 12.6 Å². The second-order valence-electron chi connectivity index (χ2n) is 5.55. The van der Waals surface area contributed by atoms with E-state index in [9.17, 15) is 0 Å². The molecule has 5 heteroatoms. The predicted molar refractivity (Wildman–Crippen MR) is 77.3 cm³/mol. The minimum Gasteiger partial charge on any atom is -0.493 e. The monoisotopic (exact) mass is 275 g/mol. The average molecular weight is 275 g/mol. The van der Waals surface area contributed by atoms with Gasteiger partial charge >= 0.3 is 0 Å². The fraction of sp³-hybridized carbons (Fsp3) is 0.533. The van der Waals surface area contributed by atoms with Gasteiger partial charge in [0, 0.05) is 12.5 Å². The van der Waals surface area contributed by atoms with E-state index in [0.717, 1.165) is 44.7 Å². The van der Waals surface area contributed by atoms with Gasteiger partial charge in [0.2, 0.25) is 0 Å². The summed E-state index contributed by atoms with van der Waals surface area (Å²) in [6.45, 7) is 2.73. The molecule has 0 spiro atoms. The Morgan fingerprint density at radius 3 is 3.10 bits per heavy atom. The van der Waals surface area contributed by atoms with Crippen LogP contribution in [0.2, 0.25) is 0 Å². The molecule has 0 bridgehead atoms. The second-order valence-corrected chi connectivity index (χ2v) is 5.55. The fourth-order valence-electron chi connectivity index (χ4n) is 3.33. The molecule has 108 valence electrons. The van der Waals surface area contributed by atoms with Gasteiger partial charge in [0.15, 0.2) is 5.84 Å². The number of hydrogen-bond donors (Lipinski definition) is 2. The highest BCUT2D eigenvalue weighted by molar-refractivity contribution is 5.85. The first-order valence-corrected chi connectivity index (χ1v) is 7.23. The highest BCUT2D eigenvalue weighted by atomic mass is 16.5. The molecule has 0 aliphatic carbocycles. The topological polar surface area (TPSA) is 71.1 Å². The van der Waals surface area contributed by atoms with Crippen LogP contribution in [-0.2, 0) is 0 Å². The molecular formula is C15H21N3O2. The third-order valence-electron chi connectivity index (χ3n) is 4.36. The lowest BCUT2D eigenvalue weighted by Crippen LogP contribution is -2.42. The van der Waals surface area contributed by atoms with Crippen LogP contribution in [-0.4, -0.2) is 41.7 Å². The molecule has 3 rings (SSSR count). The summed E-state index contributed by atoms with van der Waals surface area (Å²) in [4.78, 5) is 2.34. The van der Waals surface area contributed by atoms with E-state index < -0.39 is 0 Å². The van der Waals surface area contributed by atoms with Crippen molar-refractivity contribution < 1.29 is 9.94 Å². The van der Waals surface area contributed by atoms with E-state index in [0.29, 0.717) is 11.8 Å². The summed E-state index contributed by atoms with van der Waals surface area (Å²) in [5, 5.41) is 12.1. The predicted octanol–water partition coefficient (Wildman–Crippen LogP) is 1.76. The molecule has 1 aromatic rings. The maximum atomic E-state index is 8.89. The van der Waals surface area contributed by atoms with Crippen molar-refractivity contribution in [2.24, 2.45) is 10.9 Å². The minimum absolute atomic E-state index is 0.0787. The van der Waals surface area contributed by atoms with Gasteiger partial charge in [-0.05, 0) is 37.4 Å². The van der Waals surface area contributed by atoms with Crippen LogP contribution < -0.4 is 10.5 Å². The molecule has 2 atom stereocenters. The summed E-state index contributed by atoms with van der Waals surface area (Å²) in [5.41, 5.74) is 7.08. The number of rotatable bonds is 3. The van der Waals surface area contributed by atoms with Gasteiger partial charge < -0.3 is 15.7 Å². The number of ether oxygens (including phenoxy) is 1. The molecule has 0 aromatic heterocycles. The summed E-state index contributed by atoms with van der Waals surface area (Å²) in [6, 6.07) is 8.33. The summed E-state index contributed by atoms with van der Waals surface area (Å²) >= 11 is 0. The first-order valence-electron chi connectivity index (χ1n) is 7.23. The van der Waals surface area contributed by atoms with Gasteiger partial charge in [0.1, 0.15) is 5.75 Å². The highest BCUT2D eigenvalue weighted by Gasteiger charge is 2.31. The van der Waals surface area contributed by atoms with E-state index in [1.54, 1.807) is 0 Å². The molecule has 1 saturated heterocycles. The zero-order valence-corrected chi connectivity index (χ0v) is 11.5. The van der Waals surface area contributed by atoms with Gasteiger partial charge in [-0.25, -0.2) is 0 Å². The number of benzene rings is 1. The minimum atomic E-state index is 0.0787. The Bertz CT molecular complexity index is 504. The molecule has 2 heterocycles. The van der Waals surface area contributed by atoms with Gasteiger partial charge in [-0.2, -0.15) is 0 Å². The Hall–Kier alpha value is -1.75. The first kappa shape index (κ1) is 13.2. The molecule has 0 amide bonds. The summed E-state index contributed by atoms with van der Waals surface area (Å²) in [6.07, 6.45) is 3.10. The standard InChI is InChI=1S/C15H21N3O2/c16-15(17-19)13-5-3-8-18(13)10-11-7-9-20-14-6-2-1-4-12(11)14/h1-2,4,6,11,13,19H,3,5,7-10H2,(H2,16,17). The SMILES string of the molecule is N/C(=N/O)C1CCCN1CC1CCOc2ccccc21. The van der Waals surface area contributed by atoms with Gasteiger partial charge in [-0.1, -0.05) is 23.4 Å². The molecule has 1 aromatic carbocycles. The molecule has 2 aliphatic rings. The average Bonchev–Trinajstić information content (AvgIpc) is 2.95. The number of amidine groups is 1. The molecular weight excluding hydrogens is 254 g/mol. The number of hydrogen-bond acceptors (Lipinski definition) is 4. The summed E-state index contributed by atoms with van der Waals surface area (Å²) in [7, 11) is 0. The summed E-state index contributed by atoms with van der Waals surface area (Å²) < 4.78 is 5.71. The number of para-hydroxylation sites is 1. The van der Waals surface area contributed by atoms with Crippen molar-refractivity contribution >= 4 is 5.84 Å². The van der Waals surface area contributed by atoms with Crippen LogP contribution in [0.3, 0.4) is 0 Å². The Morgan fingerprint density at radius 1 is 1.40 bits per heavy atom. The van der Waals surface area contributed by atoms with E-state index in [4.69, 9.17) is 15.7 Å². The molecule has 5 nitrogen and oxygen atoms in total. The number of likely N-dealkylation sites (tertiary alicyclic amines) is 1. The van der Waals surface area contributed by atoms with Crippen LogP contribution in [0.1, 0.15) is 30.7 Å². The van der Waals surface area contributed by atoms with Crippen molar-refractivity contribution in [1.29, 1.82) is 0 Å². The largest absolute Gasteiger partial charge is 0.493 e. The molecule has 3 N–H and O–H groups in total. The molecule has 2 aliphatic heterocycles. The molecule has 2 unspecified atom stereocenters. The second kappa shape index (κ2) is 5.71. The van der Waals surface area contributed by atoms with E-state index in [-0.39, 0.29) is 6.04 Å². The lowest BCUT2D eigenvalue weighted by molar-refractivity contribution is 0.218. The van der Waals surface area contributed by atoms with Crippen LogP contribution in [0.4, 0.5) is 0 Å². The third kappa shape index (κ3) is 2.45. The Labute approximate surface area is 119 Å². The van der Waals surface area contributed by atoms with E-state index >= 15 is 0 Å². The zero-order chi connectivity index (χ0) is 13.9. The number of nitrogens with zero attached hydrogens (tertiary/aromatic N) is 2. The van der Waals surface area contributed by atoms with Crippen molar-refractivity contribution in [3.05, 3.63) is 29.8 Å². The number of nitrogens with two attached hydrogens (primary N) is 1. The maximum absolute atomic E-state index is 8.89. The molecule has 0 radical (unpaired) electrons. The van der Waals surface area contributed by atoms with Crippen LogP contribution in [0.25, 0.3) is 0 Å². The molecule has 20 heavy (non-hydrogen) atoms. The van der Waals surface area contributed by atoms with Crippen molar-refractivity contribution in [1.82, 2.24) is 4.90 Å². The van der Waals surface area contributed by atoms with Crippen molar-refractivity contribution in [3.8, 4) is 5.75 Å². The fourth-order valence-corrected chi connectivity index (χ4v) is 3.33. The van der Waals surface area contributed by atoms with Gasteiger partial charge in [-0.15, -0.1) is 0 Å². The van der Waals surface area contributed by atoms with Gasteiger partial charge in [-0.3, -0.25) is 4.90 Å². The van der Waals surface area contributed by atoms with Crippen molar-refractivity contribution in [2.75, 3.05) is 19.7 Å².